The molecule has 0 saturated carbocycles. The van der Waals surface area contributed by atoms with Crippen LogP contribution in [0.2, 0.25) is 0 Å². The van der Waals surface area contributed by atoms with E-state index >= 15 is 0 Å². The van der Waals surface area contributed by atoms with Crippen molar-refractivity contribution in [1.82, 2.24) is 20.1 Å². The fourth-order valence-electron chi connectivity index (χ4n) is 5.46. The molecule has 1 fully saturated rings. The van der Waals surface area contributed by atoms with Gasteiger partial charge in [0.25, 0.3) is 0 Å². The van der Waals surface area contributed by atoms with E-state index in [0.717, 1.165) is 56.8 Å². The molecule has 1 aliphatic carbocycles. The maximum Gasteiger partial charge on any atom is 0.145 e. The van der Waals surface area contributed by atoms with Gasteiger partial charge in [-0.05, 0) is 73.4 Å². The molecule has 1 atom stereocenters. The summed E-state index contributed by atoms with van der Waals surface area (Å²) in [5.41, 5.74) is 6.74. The van der Waals surface area contributed by atoms with E-state index in [4.69, 9.17) is 4.74 Å². The second kappa shape index (κ2) is 8.00. The Labute approximate surface area is 183 Å². The highest BCUT2D eigenvalue weighted by molar-refractivity contribution is 5.62. The number of para-hydroxylation sites is 1. The van der Waals surface area contributed by atoms with Crippen molar-refractivity contribution in [2.24, 2.45) is 0 Å². The van der Waals surface area contributed by atoms with Crippen LogP contribution in [0.4, 0.5) is 5.69 Å². The number of hydrogen-bond acceptors (Lipinski definition) is 5. The van der Waals surface area contributed by atoms with Gasteiger partial charge in [0.05, 0.1) is 12.3 Å². The number of benzene rings is 2. The third-order valence-electron chi connectivity index (χ3n) is 7.06. The number of hydrogen-bond donors (Lipinski definition) is 1. The van der Waals surface area contributed by atoms with Gasteiger partial charge in [-0.25, -0.2) is 0 Å². The summed E-state index contributed by atoms with van der Waals surface area (Å²) in [6.45, 7) is 3.03. The molecule has 2 aliphatic heterocycles. The molecule has 0 radical (unpaired) electrons. The van der Waals surface area contributed by atoms with Crippen molar-refractivity contribution in [3.63, 3.8) is 0 Å². The van der Waals surface area contributed by atoms with Gasteiger partial charge in [0.2, 0.25) is 0 Å². The zero-order valence-corrected chi connectivity index (χ0v) is 17.8. The molecule has 1 unspecified atom stereocenters. The summed E-state index contributed by atoms with van der Waals surface area (Å²) >= 11 is 0. The lowest BCUT2D eigenvalue weighted by molar-refractivity contribution is 0.287. The number of nitrogens with one attached hydrogen (secondary N) is 1. The molecule has 0 spiro atoms. The summed E-state index contributed by atoms with van der Waals surface area (Å²) in [6, 6.07) is 14.5. The van der Waals surface area contributed by atoms with Crippen molar-refractivity contribution in [3.8, 4) is 11.4 Å². The molecule has 3 heterocycles. The van der Waals surface area contributed by atoms with Crippen molar-refractivity contribution in [1.29, 1.82) is 0 Å². The third-order valence-corrected chi connectivity index (χ3v) is 7.06. The number of rotatable bonds is 4. The maximum absolute atomic E-state index is 6.05. The van der Waals surface area contributed by atoms with Crippen molar-refractivity contribution in [2.45, 2.75) is 50.6 Å². The predicted octanol–water partition coefficient (Wildman–Crippen LogP) is 3.32. The molecule has 0 amide bonds. The summed E-state index contributed by atoms with van der Waals surface area (Å²) in [5.74, 6) is 1.13. The van der Waals surface area contributed by atoms with Crippen molar-refractivity contribution in [2.75, 3.05) is 24.6 Å². The van der Waals surface area contributed by atoms with Gasteiger partial charge in [-0.15, -0.1) is 10.2 Å². The van der Waals surface area contributed by atoms with E-state index in [1.54, 1.807) is 12.7 Å². The molecule has 1 aromatic heterocycles. The summed E-state index contributed by atoms with van der Waals surface area (Å²) in [4.78, 5) is 2.52. The van der Waals surface area contributed by atoms with Crippen LogP contribution in [0.3, 0.4) is 0 Å². The lowest BCUT2D eigenvalue weighted by Crippen LogP contribution is -2.46. The lowest BCUT2D eigenvalue weighted by Gasteiger charge is -2.36. The summed E-state index contributed by atoms with van der Waals surface area (Å²) < 4.78 is 8.02. The number of piperidine rings is 1. The minimum Gasteiger partial charge on any atom is -0.491 e. The fourth-order valence-corrected chi connectivity index (χ4v) is 5.46. The molecule has 3 aromatic rings. The minimum absolute atomic E-state index is 0.538. The average Bonchev–Trinajstić information content (AvgIpc) is 3.48. The number of aryl methyl sites for hydroxylation is 1. The van der Waals surface area contributed by atoms with Gasteiger partial charge >= 0.3 is 0 Å². The molecule has 6 rings (SSSR count). The van der Waals surface area contributed by atoms with Crippen molar-refractivity contribution in [3.05, 3.63) is 65.7 Å². The molecular formula is C25H29N5O. The van der Waals surface area contributed by atoms with Crippen molar-refractivity contribution < 1.29 is 4.74 Å². The Morgan fingerprint density at radius 1 is 0.903 bits per heavy atom. The Morgan fingerprint density at radius 3 is 2.61 bits per heavy atom. The zero-order chi connectivity index (χ0) is 20.6. The molecule has 3 aliphatic rings. The number of anilines is 1. The highest BCUT2D eigenvalue weighted by atomic mass is 16.5. The zero-order valence-electron chi connectivity index (χ0n) is 17.8. The minimum atomic E-state index is 0.538. The highest BCUT2D eigenvalue weighted by Gasteiger charge is 2.28. The Kier molecular flexibility index (Phi) is 4.87. The van der Waals surface area contributed by atoms with Gasteiger partial charge in [-0.1, -0.05) is 18.2 Å². The van der Waals surface area contributed by atoms with Crippen LogP contribution in [0, 0.1) is 0 Å². The Hall–Kier alpha value is -2.86. The summed E-state index contributed by atoms with van der Waals surface area (Å²) in [5, 5.41) is 11.8. The molecule has 0 bridgehead atoms. The number of fused-ring (bicyclic) bond motifs is 2. The average molecular weight is 416 g/mol. The summed E-state index contributed by atoms with van der Waals surface area (Å²) in [7, 11) is 0. The molecular weight excluding hydrogens is 386 g/mol. The van der Waals surface area contributed by atoms with E-state index in [9.17, 15) is 0 Å². The Bertz CT molecular complexity index is 1060. The first-order valence-electron chi connectivity index (χ1n) is 11.6. The standard InChI is InChI=1S/C25H29N5O/c1-3-18-4-2-12-31-25(18)24(5-1)29-10-8-21(9-11-29)28-22-13-19-6-7-23(15-20(19)14-22)30-16-26-27-17-30/h1,3,5-7,15-17,21-22,28H,2,4,8-14H2. The van der Waals surface area contributed by atoms with Gasteiger partial charge in [0.1, 0.15) is 18.4 Å². The van der Waals surface area contributed by atoms with Gasteiger partial charge in [0.15, 0.2) is 0 Å². The SMILES string of the molecule is c1cc2c(c(N3CCC(NC4Cc5ccc(-n6cnnc6)cc5C4)CC3)c1)OCCC2. The Balaban J connectivity index is 1.07. The van der Waals surface area contributed by atoms with Crippen molar-refractivity contribution >= 4 is 5.69 Å². The second-order valence-corrected chi connectivity index (χ2v) is 9.07. The summed E-state index contributed by atoms with van der Waals surface area (Å²) in [6.07, 6.45) is 10.4. The van der Waals surface area contributed by atoms with E-state index < -0.39 is 0 Å². The van der Waals surface area contributed by atoms with E-state index in [-0.39, 0.29) is 0 Å². The van der Waals surface area contributed by atoms with Gasteiger partial charge in [-0.2, -0.15) is 0 Å². The topological polar surface area (TPSA) is 55.2 Å². The van der Waals surface area contributed by atoms with Crippen LogP contribution in [-0.4, -0.2) is 46.5 Å². The van der Waals surface area contributed by atoms with E-state index in [2.05, 4.69) is 56.8 Å². The second-order valence-electron chi connectivity index (χ2n) is 9.07. The van der Waals surface area contributed by atoms with E-state index in [1.165, 1.54) is 35.2 Å². The first-order chi connectivity index (χ1) is 15.3. The van der Waals surface area contributed by atoms with Gasteiger partial charge in [0, 0.05) is 30.9 Å². The molecule has 6 nitrogen and oxygen atoms in total. The fraction of sp³-hybridized carbons (Fsp3) is 0.440. The lowest BCUT2D eigenvalue weighted by atomic mass is 10.00. The van der Waals surface area contributed by atoms with Crippen LogP contribution in [0.15, 0.2) is 49.1 Å². The van der Waals surface area contributed by atoms with Crippen LogP contribution in [0.1, 0.15) is 36.0 Å². The quantitative estimate of drug-likeness (QED) is 0.709. The number of aromatic nitrogens is 3. The van der Waals surface area contributed by atoms with Crippen LogP contribution in [-0.2, 0) is 19.3 Å². The third kappa shape index (κ3) is 3.69. The van der Waals surface area contributed by atoms with Crippen LogP contribution in [0.5, 0.6) is 5.75 Å². The van der Waals surface area contributed by atoms with E-state index in [1.807, 2.05) is 4.57 Å². The number of ether oxygens (including phenoxy) is 1. The Morgan fingerprint density at radius 2 is 1.74 bits per heavy atom. The molecule has 1 saturated heterocycles. The maximum atomic E-state index is 6.05. The van der Waals surface area contributed by atoms with Crippen LogP contribution < -0.4 is 15.0 Å². The van der Waals surface area contributed by atoms with Crippen LogP contribution in [0.25, 0.3) is 5.69 Å². The first kappa shape index (κ1) is 18.9. The number of nitrogens with zero attached hydrogens (tertiary/aromatic N) is 4. The van der Waals surface area contributed by atoms with E-state index in [0.29, 0.717) is 12.1 Å². The smallest absolute Gasteiger partial charge is 0.145 e. The molecule has 6 heteroatoms. The van der Waals surface area contributed by atoms with Gasteiger partial charge in [-0.3, -0.25) is 4.57 Å². The monoisotopic (exact) mass is 415 g/mol. The normalized spacial score (nSPS) is 20.9. The van der Waals surface area contributed by atoms with Gasteiger partial charge < -0.3 is 15.0 Å². The highest BCUT2D eigenvalue weighted by Crippen LogP contribution is 2.37. The molecule has 160 valence electrons. The molecule has 1 N–H and O–H groups in total. The predicted molar refractivity (Wildman–Crippen MR) is 121 cm³/mol. The molecule has 31 heavy (non-hydrogen) atoms. The van der Waals surface area contributed by atoms with Crippen LogP contribution >= 0.6 is 0 Å². The molecule has 2 aromatic carbocycles. The first-order valence-corrected chi connectivity index (χ1v) is 11.6. The largest absolute Gasteiger partial charge is 0.491 e.